The highest BCUT2D eigenvalue weighted by molar-refractivity contribution is 5.25. The highest BCUT2D eigenvalue weighted by Crippen LogP contribution is 2.69. The minimum atomic E-state index is 0.0294. The third-order valence-corrected chi connectivity index (χ3v) is 11.0. The average molecular weight is 384 g/mol. The van der Waals surface area contributed by atoms with Crippen LogP contribution in [0.2, 0.25) is 0 Å². The normalized spacial score (nSPS) is 57.9. The topological polar surface area (TPSA) is 21.3 Å². The summed E-state index contributed by atoms with van der Waals surface area (Å²) in [6.07, 6.45) is 18.5. The lowest BCUT2D eigenvalue weighted by Gasteiger charge is -2.57. The molecule has 2 unspecified atom stereocenters. The van der Waals surface area contributed by atoms with Gasteiger partial charge in [0.2, 0.25) is 0 Å². The van der Waals surface area contributed by atoms with Gasteiger partial charge in [0.15, 0.2) is 0 Å². The van der Waals surface area contributed by atoms with Crippen LogP contribution in [-0.4, -0.2) is 18.4 Å². The van der Waals surface area contributed by atoms with Crippen molar-refractivity contribution in [3.05, 3.63) is 11.6 Å². The average Bonchev–Trinajstić information content (AvgIpc) is 3.17. The molecule has 0 bridgehead atoms. The number of ether oxygens (including phenoxy) is 1. The minimum Gasteiger partial charge on any atom is -0.357 e. The summed E-state index contributed by atoms with van der Waals surface area (Å²) in [6.45, 7) is 8.85. The Morgan fingerprint density at radius 3 is 2.75 bits per heavy atom. The van der Waals surface area contributed by atoms with E-state index in [2.05, 4.69) is 32.2 Å². The van der Waals surface area contributed by atoms with Gasteiger partial charge in [-0.3, -0.25) is 5.32 Å². The van der Waals surface area contributed by atoms with Gasteiger partial charge in [0.1, 0.15) is 5.72 Å². The molecular formula is C26H41NO. The Labute approximate surface area is 172 Å². The fraction of sp³-hybridized carbons (Fsp3) is 0.923. The van der Waals surface area contributed by atoms with Crippen LogP contribution in [0, 0.1) is 40.4 Å². The van der Waals surface area contributed by atoms with Gasteiger partial charge in [-0.15, -0.1) is 0 Å². The van der Waals surface area contributed by atoms with Gasteiger partial charge < -0.3 is 4.74 Å². The van der Waals surface area contributed by atoms with Crippen LogP contribution in [0.1, 0.15) is 91.4 Å². The first-order valence-corrected chi connectivity index (χ1v) is 12.6. The largest absolute Gasteiger partial charge is 0.357 e. The third-order valence-electron chi connectivity index (χ3n) is 11.0. The Morgan fingerprint density at radius 2 is 1.93 bits per heavy atom. The molecule has 156 valence electrons. The molecule has 2 saturated heterocycles. The summed E-state index contributed by atoms with van der Waals surface area (Å²) in [5, 5.41) is 3.85. The molecule has 2 nitrogen and oxygen atoms in total. The van der Waals surface area contributed by atoms with Crippen molar-refractivity contribution in [1.82, 2.24) is 5.32 Å². The third kappa shape index (κ3) is 2.40. The number of hydrogen-bond acceptors (Lipinski definition) is 2. The highest BCUT2D eigenvalue weighted by atomic mass is 16.5. The number of piperidine rings is 1. The molecule has 28 heavy (non-hydrogen) atoms. The second kappa shape index (κ2) is 6.10. The molecule has 0 amide bonds. The number of fused-ring (bicyclic) bond motifs is 7. The molecule has 0 aromatic rings. The first-order valence-electron chi connectivity index (χ1n) is 12.6. The zero-order valence-corrected chi connectivity index (χ0v) is 18.4. The second-order valence-corrected chi connectivity index (χ2v) is 12.2. The van der Waals surface area contributed by atoms with Crippen molar-refractivity contribution < 1.29 is 4.74 Å². The Kier molecular flexibility index (Phi) is 4.01. The van der Waals surface area contributed by atoms with E-state index in [1.54, 1.807) is 0 Å². The van der Waals surface area contributed by atoms with E-state index in [1.165, 1.54) is 70.6 Å². The fourth-order valence-corrected chi connectivity index (χ4v) is 9.28. The SMILES string of the molecule is CC1CC[C@]2(C[C@@H]3[C@@H](CC4[C@H]5CC=C6CCCC[C@@]6(C)[C@@H]5CC[C@]43C)O2)NC1. The quantitative estimate of drug-likeness (QED) is 0.513. The lowest BCUT2D eigenvalue weighted by Crippen LogP contribution is -2.53. The highest BCUT2D eigenvalue weighted by Gasteiger charge is 2.65. The van der Waals surface area contributed by atoms with Crippen molar-refractivity contribution in [2.75, 3.05) is 6.54 Å². The van der Waals surface area contributed by atoms with Crippen molar-refractivity contribution in [3.8, 4) is 0 Å². The van der Waals surface area contributed by atoms with Crippen LogP contribution in [0.15, 0.2) is 11.6 Å². The maximum absolute atomic E-state index is 6.90. The first kappa shape index (κ1) is 18.4. The molecule has 2 aliphatic heterocycles. The molecule has 1 spiro atoms. The second-order valence-electron chi connectivity index (χ2n) is 12.2. The Hall–Kier alpha value is -0.340. The van der Waals surface area contributed by atoms with Crippen LogP contribution in [0.4, 0.5) is 0 Å². The Balaban J connectivity index is 1.26. The lowest BCUT2D eigenvalue weighted by atomic mass is 9.47. The number of allylic oxidation sites excluding steroid dienone is 2. The van der Waals surface area contributed by atoms with Crippen LogP contribution in [0.5, 0.6) is 0 Å². The van der Waals surface area contributed by atoms with Gasteiger partial charge >= 0.3 is 0 Å². The van der Waals surface area contributed by atoms with Crippen molar-refractivity contribution in [3.63, 3.8) is 0 Å². The van der Waals surface area contributed by atoms with Crippen LogP contribution in [-0.2, 0) is 4.74 Å². The number of nitrogens with one attached hydrogen (secondary N) is 1. The molecule has 0 radical (unpaired) electrons. The summed E-state index contributed by atoms with van der Waals surface area (Å²) in [7, 11) is 0. The molecule has 6 aliphatic rings. The summed E-state index contributed by atoms with van der Waals surface area (Å²) in [5.74, 6) is 4.39. The molecular weight excluding hydrogens is 342 g/mol. The zero-order valence-electron chi connectivity index (χ0n) is 18.4. The molecule has 6 rings (SSSR count). The van der Waals surface area contributed by atoms with Gasteiger partial charge in [-0.05, 0) is 105 Å². The van der Waals surface area contributed by atoms with Crippen LogP contribution in [0.25, 0.3) is 0 Å². The van der Waals surface area contributed by atoms with Gasteiger partial charge in [0.05, 0.1) is 6.10 Å². The maximum atomic E-state index is 6.90. The molecule has 4 aliphatic carbocycles. The molecule has 5 fully saturated rings. The fourth-order valence-electron chi connectivity index (χ4n) is 9.28. The maximum Gasteiger partial charge on any atom is 0.120 e. The van der Waals surface area contributed by atoms with E-state index >= 15 is 0 Å². The molecule has 0 aromatic heterocycles. The van der Waals surface area contributed by atoms with Gasteiger partial charge in [-0.2, -0.15) is 0 Å². The molecule has 3 saturated carbocycles. The first-order chi connectivity index (χ1) is 13.4. The van der Waals surface area contributed by atoms with Crippen LogP contribution >= 0.6 is 0 Å². The van der Waals surface area contributed by atoms with Crippen molar-refractivity contribution in [2.24, 2.45) is 40.4 Å². The van der Waals surface area contributed by atoms with Gasteiger partial charge in [-0.25, -0.2) is 0 Å². The van der Waals surface area contributed by atoms with Gasteiger partial charge in [-0.1, -0.05) is 38.8 Å². The van der Waals surface area contributed by atoms with Crippen LogP contribution < -0.4 is 5.32 Å². The van der Waals surface area contributed by atoms with E-state index in [4.69, 9.17) is 4.74 Å². The smallest absolute Gasteiger partial charge is 0.120 e. The summed E-state index contributed by atoms with van der Waals surface area (Å²) in [5.41, 5.74) is 2.93. The van der Waals surface area contributed by atoms with E-state index < -0.39 is 0 Å². The predicted octanol–water partition coefficient (Wildman–Crippen LogP) is 6.07. The van der Waals surface area contributed by atoms with E-state index in [-0.39, 0.29) is 5.72 Å². The van der Waals surface area contributed by atoms with E-state index in [0.29, 0.717) is 16.9 Å². The molecule has 2 heteroatoms. The van der Waals surface area contributed by atoms with Crippen LogP contribution in [0.3, 0.4) is 0 Å². The van der Waals surface area contributed by atoms with Gasteiger partial charge in [0.25, 0.3) is 0 Å². The molecule has 2 heterocycles. The summed E-state index contributed by atoms with van der Waals surface area (Å²) in [6, 6.07) is 0. The minimum absolute atomic E-state index is 0.0294. The lowest BCUT2D eigenvalue weighted by molar-refractivity contribution is -0.0953. The van der Waals surface area contributed by atoms with E-state index in [0.717, 1.165) is 36.1 Å². The number of hydrogen-bond donors (Lipinski definition) is 1. The molecule has 9 atom stereocenters. The van der Waals surface area contributed by atoms with E-state index in [9.17, 15) is 0 Å². The molecule has 1 N–H and O–H groups in total. The van der Waals surface area contributed by atoms with E-state index in [1.807, 2.05) is 5.57 Å². The standard InChI is InChI=1S/C26H41NO/c1-17-9-13-26(27-16-17)15-22-23(28-26)14-21-19-8-7-18-6-4-5-11-24(18,2)20(19)10-12-25(21,22)3/h7,17,19-23,27H,4-6,8-16H2,1-3H3/t17?,19-,20+,21?,22+,23+,24+,25+,26-/m0/s1. The monoisotopic (exact) mass is 383 g/mol. The predicted molar refractivity (Wildman–Crippen MR) is 114 cm³/mol. The summed E-state index contributed by atoms with van der Waals surface area (Å²) < 4.78 is 6.90. The zero-order chi connectivity index (χ0) is 19.1. The summed E-state index contributed by atoms with van der Waals surface area (Å²) in [4.78, 5) is 0. The van der Waals surface area contributed by atoms with Crippen molar-refractivity contribution >= 4 is 0 Å². The molecule has 0 aromatic carbocycles. The van der Waals surface area contributed by atoms with Crippen molar-refractivity contribution in [1.29, 1.82) is 0 Å². The Bertz CT molecular complexity index is 676. The Morgan fingerprint density at radius 1 is 1.04 bits per heavy atom. The number of rotatable bonds is 0. The van der Waals surface area contributed by atoms with Crippen molar-refractivity contribution in [2.45, 2.75) is 103 Å². The van der Waals surface area contributed by atoms with Gasteiger partial charge in [0, 0.05) is 6.54 Å². The summed E-state index contributed by atoms with van der Waals surface area (Å²) >= 11 is 0.